The van der Waals surface area contributed by atoms with Gasteiger partial charge in [-0.15, -0.1) is 0 Å². The standard InChI is InChI=1S/C35H58N2O4.H4O7P2/c1-30(2,3)24-13-22(17-36)14-25(31(4,5)6)28(24)35(41,34(19-38,20-39)21-40)29-26(32(7,8)9)15-23(18-37)16-27(29)33(10,11)12;1-8(2,3)7-9(4,5)6/h13-16,38-41H,17-21,36-37H2,1-12H3;(H2,1,2,3)(H2,4,5,6). The number of rotatable bonds is 10. The van der Waals surface area contributed by atoms with E-state index < -0.39 is 68.1 Å². The van der Waals surface area contributed by atoms with Crippen LogP contribution in [0.2, 0.25) is 0 Å². The highest BCUT2D eigenvalue weighted by Gasteiger charge is 2.58. The van der Waals surface area contributed by atoms with Crippen LogP contribution in [-0.2, 0) is 53.8 Å². The molecular formula is C35H62N2O11P2. The van der Waals surface area contributed by atoms with Crippen molar-refractivity contribution in [3.05, 3.63) is 68.8 Å². The molecule has 0 aliphatic heterocycles. The lowest BCUT2D eigenvalue weighted by Crippen LogP contribution is -2.57. The summed E-state index contributed by atoms with van der Waals surface area (Å²) in [5, 5.41) is 47.1. The zero-order chi connectivity index (χ0) is 39.7. The van der Waals surface area contributed by atoms with Crippen LogP contribution < -0.4 is 11.5 Å². The van der Waals surface area contributed by atoms with Crippen LogP contribution in [-0.4, -0.2) is 59.8 Å². The molecule has 0 atom stereocenters. The summed E-state index contributed by atoms with van der Waals surface area (Å²) in [6.45, 7) is 23.8. The van der Waals surface area contributed by atoms with Gasteiger partial charge in [0.15, 0.2) is 0 Å². The van der Waals surface area contributed by atoms with E-state index in [-0.39, 0.29) is 0 Å². The van der Waals surface area contributed by atoms with Gasteiger partial charge in [0, 0.05) is 13.1 Å². The van der Waals surface area contributed by atoms with Crippen molar-refractivity contribution in [1.82, 2.24) is 0 Å². The molecule has 288 valence electrons. The van der Waals surface area contributed by atoms with Crippen LogP contribution in [0.15, 0.2) is 24.3 Å². The van der Waals surface area contributed by atoms with Crippen LogP contribution in [0.1, 0.15) is 128 Å². The molecular weight excluding hydrogens is 686 g/mol. The molecule has 50 heavy (non-hydrogen) atoms. The number of aliphatic hydroxyl groups excluding tert-OH is 3. The van der Waals surface area contributed by atoms with Gasteiger partial charge in [0.2, 0.25) is 0 Å². The SMILES string of the molecule is CC(C)(C)c1cc(CN)cc(C(C)(C)C)c1C(O)(c1c(C(C)(C)C)cc(CN)cc1C(C)(C)C)C(CO)(CO)CO.O=P(O)(O)OP(=O)(O)O. The van der Waals surface area contributed by atoms with Gasteiger partial charge in [0.25, 0.3) is 0 Å². The summed E-state index contributed by atoms with van der Waals surface area (Å²) in [5.41, 5.74) is 13.3. The quantitative estimate of drug-likeness (QED) is 0.153. The molecule has 13 nitrogen and oxygen atoms in total. The number of hydrogen-bond acceptors (Lipinski definition) is 9. The lowest BCUT2D eigenvalue weighted by Gasteiger charge is -2.52. The minimum absolute atomic E-state index is 0.321. The first-order chi connectivity index (χ1) is 22.2. The van der Waals surface area contributed by atoms with Gasteiger partial charge >= 0.3 is 15.6 Å². The minimum atomic E-state index is -5.05. The minimum Gasteiger partial charge on any atom is -0.395 e. The van der Waals surface area contributed by atoms with Crippen LogP contribution >= 0.6 is 15.6 Å². The van der Waals surface area contributed by atoms with Gasteiger partial charge in [-0.25, -0.2) is 9.13 Å². The third-order valence-electron chi connectivity index (χ3n) is 8.71. The molecule has 0 amide bonds. The number of phosphoric acid groups is 2. The summed E-state index contributed by atoms with van der Waals surface area (Å²) in [6, 6.07) is 8.14. The molecule has 0 saturated carbocycles. The Balaban J connectivity index is 0.00000122. The van der Waals surface area contributed by atoms with Crippen LogP contribution in [0.5, 0.6) is 0 Å². The third kappa shape index (κ3) is 10.8. The fourth-order valence-corrected chi connectivity index (χ4v) is 7.18. The molecule has 15 heteroatoms. The second kappa shape index (κ2) is 15.8. The van der Waals surface area contributed by atoms with E-state index in [1.165, 1.54) is 0 Å². The van der Waals surface area contributed by atoms with Crippen LogP contribution in [0.25, 0.3) is 0 Å². The van der Waals surface area contributed by atoms with Crippen molar-refractivity contribution < 1.29 is 53.4 Å². The first-order valence-corrected chi connectivity index (χ1v) is 19.4. The Morgan fingerprint density at radius 2 is 0.760 bits per heavy atom. The van der Waals surface area contributed by atoms with Crippen molar-refractivity contribution in [2.75, 3.05) is 19.8 Å². The molecule has 0 spiro atoms. The van der Waals surface area contributed by atoms with Crippen molar-refractivity contribution in [2.24, 2.45) is 16.9 Å². The molecule has 2 rings (SSSR count). The largest absolute Gasteiger partial charge is 0.478 e. The summed E-state index contributed by atoms with van der Waals surface area (Å²) < 4.78 is 22.2. The molecule has 0 fully saturated rings. The summed E-state index contributed by atoms with van der Waals surface area (Å²) >= 11 is 0. The van der Waals surface area contributed by atoms with Crippen LogP contribution in [0.4, 0.5) is 0 Å². The van der Waals surface area contributed by atoms with E-state index in [9.17, 15) is 29.6 Å². The lowest BCUT2D eigenvalue weighted by molar-refractivity contribution is -0.138. The van der Waals surface area contributed by atoms with Gasteiger partial charge in [-0.2, -0.15) is 4.31 Å². The van der Waals surface area contributed by atoms with E-state index in [1.807, 2.05) is 24.3 Å². The number of benzene rings is 2. The lowest BCUT2D eigenvalue weighted by atomic mass is 9.56. The Labute approximate surface area is 297 Å². The van der Waals surface area contributed by atoms with E-state index >= 15 is 0 Å². The molecule has 2 aromatic rings. The van der Waals surface area contributed by atoms with E-state index in [0.29, 0.717) is 24.2 Å². The molecule has 0 saturated heterocycles. The summed E-state index contributed by atoms with van der Waals surface area (Å²) in [5.74, 6) is 0. The van der Waals surface area contributed by atoms with Crippen molar-refractivity contribution >= 4 is 15.6 Å². The maximum Gasteiger partial charge on any atom is 0.478 e. The van der Waals surface area contributed by atoms with Crippen molar-refractivity contribution in [1.29, 1.82) is 0 Å². The highest BCUT2D eigenvalue weighted by Crippen LogP contribution is 2.56. The number of hydrogen-bond donors (Lipinski definition) is 10. The molecule has 12 N–H and O–H groups in total. The van der Waals surface area contributed by atoms with Crippen molar-refractivity contribution in [3.8, 4) is 0 Å². The van der Waals surface area contributed by atoms with Gasteiger partial charge in [0.1, 0.15) is 5.60 Å². The van der Waals surface area contributed by atoms with Crippen LogP contribution in [0.3, 0.4) is 0 Å². The maximum atomic E-state index is 13.8. The second-order valence-corrected chi connectivity index (χ2v) is 19.7. The molecule has 0 aromatic heterocycles. The topological polar surface area (TPSA) is 257 Å². The van der Waals surface area contributed by atoms with Gasteiger partial charge in [-0.3, -0.25) is 0 Å². The fourth-order valence-electron chi connectivity index (χ4n) is 6.07. The Hall–Kier alpha value is -1.54. The first-order valence-electron chi connectivity index (χ1n) is 16.3. The van der Waals surface area contributed by atoms with E-state index in [2.05, 4.69) is 87.4 Å². The maximum absolute atomic E-state index is 13.8. The average molecular weight is 749 g/mol. The zero-order valence-electron chi connectivity index (χ0n) is 31.7. The highest BCUT2D eigenvalue weighted by molar-refractivity contribution is 7.60. The Bertz CT molecular complexity index is 1390. The second-order valence-electron chi connectivity index (χ2n) is 17.1. The monoisotopic (exact) mass is 748 g/mol. The number of nitrogens with two attached hydrogens (primary N) is 2. The predicted molar refractivity (Wildman–Crippen MR) is 195 cm³/mol. The first kappa shape index (κ1) is 46.5. The molecule has 0 radical (unpaired) electrons. The average Bonchev–Trinajstić information content (AvgIpc) is 2.93. The molecule has 2 aromatic carbocycles. The molecule has 0 unspecified atom stereocenters. The van der Waals surface area contributed by atoms with Gasteiger partial charge in [0.05, 0.1) is 25.2 Å². The third-order valence-corrected chi connectivity index (χ3v) is 10.4. The van der Waals surface area contributed by atoms with Gasteiger partial charge < -0.3 is 51.5 Å². The summed E-state index contributed by atoms with van der Waals surface area (Å²) in [6.07, 6.45) is 0. The zero-order valence-corrected chi connectivity index (χ0v) is 33.5. The fraction of sp³-hybridized carbons (Fsp3) is 0.657. The molecule has 0 aliphatic rings. The Kier molecular flexibility index (Phi) is 14.7. The van der Waals surface area contributed by atoms with Gasteiger partial charge in [-0.05, 0) is 66.2 Å². The normalized spacial score (nSPS) is 14.0. The van der Waals surface area contributed by atoms with Crippen LogP contribution in [0, 0.1) is 5.41 Å². The Morgan fingerprint density at radius 1 is 0.540 bits per heavy atom. The molecule has 0 heterocycles. The summed E-state index contributed by atoms with van der Waals surface area (Å²) in [4.78, 5) is 31.0. The van der Waals surface area contributed by atoms with E-state index in [0.717, 1.165) is 33.4 Å². The summed E-state index contributed by atoms with van der Waals surface area (Å²) in [7, 11) is -10.1. The van der Waals surface area contributed by atoms with Gasteiger partial charge in [-0.1, -0.05) is 107 Å². The van der Waals surface area contributed by atoms with E-state index in [1.54, 1.807) is 0 Å². The van der Waals surface area contributed by atoms with E-state index in [4.69, 9.17) is 31.0 Å². The molecule has 0 bridgehead atoms. The van der Waals surface area contributed by atoms with Crippen molar-refractivity contribution in [2.45, 2.75) is 123 Å². The van der Waals surface area contributed by atoms with Crippen molar-refractivity contribution in [3.63, 3.8) is 0 Å². The predicted octanol–water partition coefficient (Wildman–Crippen LogP) is 4.18. The molecule has 0 aliphatic carbocycles. The Morgan fingerprint density at radius 3 is 0.880 bits per heavy atom. The number of aliphatic hydroxyl groups is 4. The smallest absolute Gasteiger partial charge is 0.395 e. The highest BCUT2D eigenvalue weighted by atomic mass is 31.3.